The van der Waals surface area contributed by atoms with Gasteiger partial charge in [0.1, 0.15) is 23.7 Å². The van der Waals surface area contributed by atoms with Gasteiger partial charge in [-0.3, -0.25) is 9.80 Å². The highest BCUT2D eigenvalue weighted by Crippen LogP contribution is 2.42. The number of aromatic hydroxyl groups is 1. The maximum absolute atomic E-state index is 16.8. The molecule has 3 aromatic carbocycles. The Morgan fingerprint density at radius 3 is 2.49 bits per heavy atom. The predicted octanol–water partition coefficient (Wildman–Crippen LogP) is 4.50. The summed E-state index contributed by atoms with van der Waals surface area (Å²) in [5.74, 6) is 0.263. The van der Waals surface area contributed by atoms with E-state index < -0.39 is 15.8 Å². The molecular weight excluding hydrogens is 619 g/mol. The highest BCUT2D eigenvalue weighted by atomic mass is 32.2. The molecule has 47 heavy (non-hydrogen) atoms. The molecule has 248 valence electrons. The number of sulfonamides is 1. The van der Waals surface area contributed by atoms with Gasteiger partial charge in [-0.1, -0.05) is 30.3 Å². The number of hydrogen-bond acceptors (Lipinski definition) is 9. The van der Waals surface area contributed by atoms with Crippen LogP contribution in [-0.4, -0.2) is 103 Å². The number of halogens is 1. The van der Waals surface area contributed by atoms with E-state index in [1.165, 1.54) is 6.26 Å². The fourth-order valence-electron chi connectivity index (χ4n) is 8.71. The highest BCUT2D eigenvalue weighted by molar-refractivity contribution is 7.88. The average Bonchev–Trinajstić information content (AvgIpc) is 3.69. The highest BCUT2D eigenvalue weighted by Gasteiger charge is 2.45. The first-order chi connectivity index (χ1) is 22.7. The predicted molar refractivity (Wildman–Crippen MR) is 181 cm³/mol. The number of ether oxygens (including phenoxy) is 1. The van der Waals surface area contributed by atoms with E-state index in [2.05, 4.69) is 19.4 Å². The smallest absolute Gasteiger partial charge is 0.319 e. The fourth-order valence-corrected chi connectivity index (χ4v) is 9.17. The zero-order chi connectivity index (χ0) is 32.3. The maximum atomic E-state index is 16.8. The lowest BCUT2D eigenvalue weighted by Gasteiger charge is -2.42. The van der Waals surface area contributed by atoms with Crippen molar-refractivity contribution in [3.8, 4) is 22.9 Å². The summed E-state index contributed by atoms with van der Waals surface area (Å²) in [5.41, 5.74) is 1.15. The molecule has 0 spiro atoms. The molecule has 8 rings (SSSR count). The third-order valence-electron chi connectivity index (χ3n) is 10.9. The minimum Gasteiger partial charge on any atom is -0.508 e. The lowest BCUT2D eigenvalue weighted by Crippen LogP contribution is -2.55. The number of aromatic nitrogens is 2. The molecule has 0 saturated carbocycles. The molecule has 12 heteroatoms. The number of benzene rings is 3. The Bertz CT molecular complexity index is 1930. The van der Waals surface area contributed by atoms with Crippen molar-refractivity contribution in [2.45, 2.75) is 56.1 Å². The quantitative estimate of drug-likeness (QED) is 0.268. The largest absolute Gasteiger partial charge is 0.508 e. The second-order valence-electron chi connectivity index (χ2n) is 13.8. The summed E-state index contributed by atoms with van der Waals surface area (Å²) in [5, 5.41) is 12.8. The third kappa shape index (κ3) is 5.68. The number of piperazine rings is 1. The van der Waals surface area contributed by atoms with Gasteiger partial charge in [0.05, 0.1) is 11.8 Å². The van der Waals surface area contributed by atoms with Gasteiger partial charge < -0.3 is 14.7 Å². The van der Waals surface area contributed by atoms with E-state index in [4.69, 9.17) is 14.7 Å². The molecule has 4 aliphatic heterocycles. The van der Waals surface area contributed by atoms with E-state index in [0.29, 0.717) is 55.1 Å². The van der Waals surface area contributed by atoms with Gasteiger partial charge in [-0.15, -0.1) is 0 Å². The molecule has 0 aliphatic carbocycles. The van der Waals surface area contributed by atoms with E-state index in [1.807, 2.05) is 30.3 Å². The zero-order valence-electron chi connectivity index (χ0n) is 26.7. The van der Waals surface area contributed by atoms with Crippen molar-refractivity contribution >= 4 is 37.5 Å². The number of phenolic OH excluding ortho intramolecular Hbond substituents is 1. The molecule has 4 aliphatic rings. The molecule has 5 heterocycles. The summed E-state index contributed by atoms with van der Waals surface area (Å²) in [6, 6.07) is 15.2. The van der Waals surface area contributed by atoms with Crippen LogP contribution in [-0.2, 0) is 10.0 Å². The van der Waals surface area contributed by atoms with Crippen LogP contribution in [0.4, 0.5) is 10.2 Å². The van der Waals surface area contributed by atoms with E-state index in [1.54, 1.807) is 18.2 Å². The topological polar surface area (TPSA) is 111 Å². The number of anilines is 1. The van der Waals surface area contributed by atoms with Crippen molar-refractivity contribution < 1.29 is 22.7 Å². The van der Waals surface area contributed by atoms with E-state index in [0.717, 1.165) is 62.4 Å². The number of nitrogens with one attached hydrogen (secondary N) is 1. The van der Waals surface area contributed by atoms with Crippen molar-refractivity contribution in [2.24, 2.45) is 0 Å². The van der Waals surface area contributed by atoms with Gasteiger partial charge in [0, 0.05) is 49.2 Å². The van der Waals surface area contributed by atoms with Crippen LogP contribution >= 0.6 is 0 Å². The Labute approximate surface area is 274 Å². The molecule has 0 amide bonds. The summed E-state index contributed by atoms with van der Waals surface area (Å²) >= 11 is 0. The Hall–Kier alpha value is -3.58. The molecule has 4 fully saturated rings. The minimum absolute atomic E-state index is 0.00983. The van der Waals surface area contributed by atoms with Crippen LogP contribution in [0.1, 0.15) is 38.5 Å². The van der Waals surface area contributed by atoms with Gasteiger partial charge in [0.15, 0.2) is 5.82 Å². The summed E-state index contributed by atoms with van der Waals surface area (Å²) in [4.78, 5) is 16.9. The number of nitrogens with zero attached hydrogens (tertiary/aromatic N) is 5. The summed E-state index contributed by atoms with van der Waals surface area (Å²) in [7, 11) is -3.25. The Kier molecular flexibility index (Phi) is 7.74. The molecular formula is C35H41FN6O4S. The summed E-state index contributed by atoms with van der Waals surface area (Å²) in [6.07, 6.45) is 7.66. The first-order valence-corrected chi connectivity index (χ1v) is 18.6. The Balaban J connectivity index is 1.17. The van der Waals surface area contributed by atoms with E-state index in [-0.39, 0.29) is 34.9 Å². The van der Waals surface area contributed by atoms with Gasteiger partial charge >= 0.3 is 6.01 Å². The molecule has 2 N–H and O–H groups in total. The van der Waals surface area contributed by atoms with Crippen molar-refractivity contribution in [1.29, 1.82) is 0 Å². The maximum Gasteiger partial charge on any atom is 0.319 e. The molecule has 0 radical (unpaired) electrons. The van der Waals surface area contributed by atoms with Gasteiger partial charge in [0.25, 0.3) is 0 Å². The third-order valence-corrected chi connectivity index (χ3v) is 11.6. The van der Waals surface area contributed by atoms with Crippen LogP contribution in [0, 0.1) is 5.82 Å². The molecule has 10 nitrogen and oxygen atoms in total. The number of fused-ring (bicyclic) bond motifs is 5. The Morgan fingerprint density at radius 1 is 1.00 bits per heavy atom. The zero-order valence-corrected chi connectivity index (χ0v) is 27.5. The minimum atomic E-state index is -3.25. The van der Waals surface area contributed by atoms with Crippen LogP contribution in [0.3, 0.4) is 0 Å². The van der Waals surface area contributed by atoms with Crippen LogP contribution in [0.5, 0.6) is 11.8 Å². The van der Waals surface area contributed by atoms with Crippen molar-refractivity contribution in [3.05, 3.63) is 54.3 Å². The van der Waals surface area contributed by atoms with Gasteiger partial charge in [-0.05, 0) is 86.1 Å². The lowest BCUT2D eigenvalue weighted by atomic mass is 9.95. The first-order valence-electron chi connectivity index (χ1n) is 16.7. The number of rotatable bonds is 9. The fraction of sp³-hybridized carbons (Fsp3) is 0.486. The van der Waals surface area contributed by atoms with Crippen LogP contribution in [0.15, 0.2) is 48.5 Å². The summed E-state index contributed by atoms with van der Waals surface area (Å²) in [6.45, 7) is 5.03. The molecule has 2 atom stereocenters. The second-order valence-corrected chi connectivity index (χ2v) is 15.6. The molecule has 2 unspecified atom stereocenters. The summed E-state index contributed by atoms with van der Waals surface area (Å²) < 4.78 is 49.2. The SMILES string of the molecule is CS(=O)(=O)NCCN1C2CCC1CN(c1nc(OCC34CCCN3CCC4)nc3c(F)c(-c4cc(O)cc5ccccc45)ccc13)C2. The average molecular weight is 661 g/mol. The molecule has 2 bridgehead atoms. The van der Waals surface area contributed by atoms with Crippen molar-refractivity contribution in [3.63, 3.8) is 0 Å². The molecule has 4 aromatic rings. The van der Waals surface area contributed by atoms with Gasteiger partial charge in [-0.2, -0.15) is 9.97 Å². The van der Waals surface area contributed by atoms with Crippen LogP contribution in [0.2, 0.25) is 0 Å². The van der Waals surface area contributed by atoms with E-state index >= 15 is 4.39 Å². The molecule has 1 aromatic heterocycles. The monoisotopic (exact) mass is 660 g/mol. The van der Waals surface area contributed by atoms with Crippen LogP contribution in [0.25, 0.3) is 32.8 Å². The molecule has 4 saturated heterocycles. The number of phenols is 1. The normalized spacial score (nSPS) is 22.8. The van der Waals surface area contributed by atoms with E-state index in [9.17, 15) is 13.5 Å². The Morgan fingerprint density at radius 2 is 1.74 bits per heavy atom. The van der Waals surface area contributed by atoms with Crippen molar-refractivity contribution in [2.75, 3.05) is 57.0 Å². The standard InChI is InChI=1S/C35H41FN6O4S/c1-47(44,45)37-14-17-42-24-8-9-25(42)21-40(20-24)33-29-11-10-28(30-19-26(43)18-23-6-2-3-7-27(23)30)31(36)32(29)38-34(39-33)46-22-35-12-4-15-41(35)16-5-13-35/h2-3,6-7,10-11,18-19,24-25,37,43H,4-5,8-9,12-17,20-22H2,1H3. The van der Waals surface area contributed by atoms with Gasteiger partial charge in [-0.25, -0.2) is 17.5 Å². The van der Waals surface area contributed by atoms with Gasteiger partial charge in [0.2, 0.25) is 10.0 Å². The second kappa shape index (κ2) is 11.8. The first kappa shape index (κ1) is 30.7. The number of hydrogen-bond donors (Lipinski definition) is 2. The van der Waals surface area contributed by atoms with Crippen LogP contribution < -0.4 is 14.4 Å². The lowest BCUT2D eigenvalue weighted by molar-refractivity contribution is 0.107. The van der Waals surface area contributed by atoms with Crippen molar-refractivity contribution in [1.82, 2.24) is 24.5 Å².